The van der Waals surface area contributed by atoms with Crippen LogP contribution in [0, 0.1) is 6.92 Å². The summed E-state index contributed by atoms with van der Waals surface area (Å²) < 4.78 is 10.6. The van der Waals surface area contributed by atoms with Crippen LogP contribution >= 0.6 is 0 Å². The fraction of sp³-hybridized carbons (Fsp3) is 0.316. The van der Waals surface area contributed by atoms with Gasteiger partial charge in [-0.15, -0.1) is 0 Å². The van der Waals surface area contributed by atoms with Gasteiger partial charge in [0.2, 0.25) is 0 Å². The number of esters is 1. The summed E-state index contributed by atoms with van der Waals surface area (Å²) in [6, 6.07) is 16.1. The van der Waals surface area contributed by atoms with E-state index in [4.69, 9.17) is 9.47 Å². The van der Waals surface area contributed by atoms with Gasteiger partial charge in [-0.1, -0.05) is 48.0 Å². The number of hydrogen-bond donors (Lipinski definition) is 0. The first-order valence-corrected chi connectivity index (χ1v) is 7.50. The van der Waals surface area contributed by atoms with Crippen LogP contribution in [0.4, 0.5) is 0 Å². The number of rotatable bonds is 6. The van der Waals surface area contributed by atoms with Crippen molar-refractivity contribution in [2.75, 3.05) is 13.7 Å². The Bertz CT molecular complexity index is 617. The summed E-state index contributed by atoms with van der Waals surface area (Å²) in [4.78, 5) is 12.0. The first kappa shape index (κ1) is 16.1. The van der Waals surface area contributed by atoms with Gasteiger partial charge in [0.1, 0.15) is 5.75 Å². The van der Waals surface area contributed by atoms with Crippen LogP contribution in [-0.2, 0) is 9.53 Å². The lowest BCUT2D eigenvalue weighted by Gasteiger charge is -2.20. The van der Waals surface area contributed by atoms with Crippen molar-refractivity contribution in [3.8, 4) is 5.75 Å². The van der Waals surface area contributed by atoms with Gasteiger partial charge in [0.15, 0.2) is 0 Å². The second kappa shape index (κ2) is 7.64. The zero-order chi connectivity index (χ0) is 15.9. The number of ether oxygens (including phenoxy) is 2. The Morgan fingerprint density at radius 3 is 2.41 bits per heavy atom. The van der Waals surface area contributed by atoms with E-state index in [1.165, 1.54) is 5.56 Å². The molecule has 0 heterocycles. The smallest absolute Gasteiger partial charge is 0.306 e. The van der Waals surface area contributed by atoms with Crippen LogP contribution in [0.25, 0.3) is 0 Å². The molecule has 0 aromatic heterocycles. The molecule has 0 fully saturated rings. The van der Waals surface area contributed by atoms with Gasteiger partial charge >= 0.3 is 5.97 Å². The average Bonchev–Trinajstić information content (AvgIpc) is 2.54. The van der Waals surface area contributed by atoms with Crippen LogP contribution < -0.4 is 4.74 Å². The van der Waals surface area contributed by atoms with Crippen molar-refractivity contribution in [3.63, 3.8) is 0 Å². The van der Waals surface area contributed by atoms with Crippen molar-refractivity contribution in [2.24, 2.45) is 0 Å². The number of benzene rings is 2. The second-order valence-corrected chi connectivity index (χ2v) is 5.21. The predicted molar refractivity (Wildman–Crippen MR) is 87.3 cm³/mol. The molecule has 1 atom stereocenters. The third-order valence-corrected chi connectivity index (χ3v) is 3.67. The molecule has 1 unspecified atom stereocenters. The van der Waals surface area contributed by atoms with Gasteiger partial charge in [-0.3, -0.25) is 4.79 Å². The van der Waals surface area contributed by atoms with Crippen LogP contribution in [-0.4, -0.2) is 19.7 Å². The summed E-state index contributed by atoms with van der Waals surface area (Å²) in [7, 11) is 1.65. The molecule has 0 aliphatic rings. The minimum absolute atomic E-state index is 0.0733. The Morgan fingerprint density at radius 2 is 1.77 bits per heavy atom. The molecule has 0 bridgehead atoms. The van der Waals surface area contributed by atoms with Gasteiger partial charge in [0.05, 0.1) is 20.1 Å². The van der Waals surface area contributed by atoms with Crippen molar-refractivity contribution < 1.29 is 14.3 Å². The zero-order valence-corrected chi connectivity index (χ0v) is 13.3. The summed E-state index contributed by atoms with van der Waals surface area (Å²) in [5, 5.41) is 0. The summed E-state index contributed by atoms with van der Waals surface area (Å²) >= 11 is 0. The fourth-order valence-corrected chi connectivity index (χ4v) is 2.55. The minimum atomic E-state index is -0.195. The highest BCUT2D eigenvalue weighted by molar-refractivity contribution is 5.71. The Labute approximate surface area is 131 Å². The van der Waals surface area contributed by atoms with Gasteiger partial charge in [-0.05, 0) is 25.5 Å². The van der Waals surface area contributed by atoms with Gasteiger partial charge in [0, 0.05) is 11.5 Å². The molecule has 3 nitrogen and oxygen atoms in total. The van der Waals surface area contributed by atoms with Crippen LogP contribution in [0.5, 0.6) is 5.75 Å². The number of carbonyl (C=O) groups is 1. The van der Waals surface area contributed by atoms with Crippen LogP contribution in [0.15, 0.2) is 48.5 Å². The van der Waals surface area contributed by atoms with E-state index in [-0.39, 0.29) is 11.9 Å². The molecule has 0 spiro atoms. The first-order valence-electron chi connectivity index (χ1n) is 7.50. The fourth-order valence-electron chi connectivity index (χ4n) is 2.55. The third kappa shape index (κ3) is 3.88. The topological polar surface area (TPSA) is 35.5 Å². The number of hydrogen-bond acceptors (Lipinski definition) is 3. The van der Waals surface area contributed by atoms with Gasteiger partial charge in [-0.25, -0.2) is 0 Å². The van der Waals surface area contributed by atoms with Crippen LogP contribution in [0.2, 0.25) is 0 Å². The van der Waals surface area contributed by atoms with Gasteiger partial charge in [0.25, 0.3) is 0 Å². The first-order chi connectivity index (χ1) is 10.7. The van der Waals surface area contributed by atoms with Crippen molar-refractivity contribution >= 4 is 5.97 Å². The zero-order valence-electron chi connectivity index (χ0n) is 13.3. The van der Waals surface area contributed by atoms with E-state index >= 15 is 0 Å². The molecule has 22 heavy (non-hydrogen) atoms. The van der Waals surface area contributed by atoms with Crippen molar-refractivity contribution in [1.29, 1.82) is 0 Å². The Morgan fingerprint density at radius 1 is 1.09 bits per heavy atom. The molecule has 0 radical (unpaired) electrons. The lowest BCUT2D eigenvalue weighted by Crippen LogP contribution is -2.12. The number of para-hydroxylation sites is 1. The molecule has 3 heteroatoms. The van der Waals surface area contributed by atoms with E-state index < -0.39 is 0 Å². The number of aryl methyl sites for hydroxylation is 1. The average molecular weight is 298 g/mol. The molecule has 0 saturated carbocycles. The van der Waals surface area contributed by atoms with Crippen LogP contribution in [0.1, 0.15) is 36.0 Å². The molecule has 0 saturated heterocycles. The van der Waals surface area contributed by atoms with E-state index in [0.29, 0.717) is 13.0 Å². The largest absolute Gasteiger partial charge is 0.496 e. The quantitative estimate of drug-likeness (QED) is 0.754. The second-order valence-electron chi connectivity index (χ2n) is 5.21. The van der Waals surface area contributed by atoms with Crippen LogP contribution in [0.3, 0.4) is 0 Å². The summed E-state index contributed by atoms with van der Waals surface area (Å²) in [6.45, 7) is 4.26. The highest BCUT2D eigenvalue weighted by Gasteiger charge is 2.22. The molecular formula is C19H22O3. The minimum Gasteiger partial charge on any atom is -0.496 e. The Kier molecular flexibility index (Phi) is 5.59. The lowest BCUT2D eigenvalue weighted by molar-refractivity contribution is -0.143. The van der Waals surface area contributed by atoms with Gasteiger partial charge in [-0.2, -0.15) is 0 Å². The van der Waals surface area contributed by atoms with Crippen molar-refractivity contribution in [1.82, 2.24) is 0 Å². The lowest BCUT2D eigenvalue weighted by atomic mass is 9.87. The molecule has 0 aliphatic heterocycles. The SMILES string of the molecule is CCOC(=O)CC(c1ccc(C)cc1)c1ccccc1OC. The molecule has 0 N–H and O–H groups in total. The maximum Gasteiger partial charge on any atom is 0.306 e. The van der Waals surface area contributed by atoms with E-state index in [2.05, 4.69) is 24.3 Å². The highest BCUT2D eigenvalue weighted by atomic mass is 16.5. The van der Waals surface area contributed by atoms with Gasteiger partial charge < -0.3 is 9.47 Å². The Hall–Kier alpha value is -2.29. The summed E-state index contributed by atoms with van der Waals surface area (Å²) in [6.07, 6.45) is 0.303. The highest BCUT2D eigenvalue weighted by Crippen LogP contribution is 2.34. The third-order valence-electron chi connectivity index (χ3n) is 3.67. The summed E-state index contributed by atoms with van der Waals surface area (Å²) in [5.74, 6) is 0.521. The monoisotopic (exact) mass is 298 g/mol. The van der Waals surface area contributed by atoms with E-state index in [1.807, 2.05) is 38.1 Å². The molecular weight excluding hydrogens is 276 g/mol. The van der Waals surface area contributed by atoms with Crippen molar-refractivity contribution in [3.05, 3.63) is 65.2 Å². The molecule has 0 amide bonds. The molecule has 2 aromatic rings. The molecule has 2 rings (SSSR count). The van der Waals surface area contributed by atoms with E-state index in [9.17, 15) is 4.79 Å². The maximum absolute atomic E-state index is 12.0. The van der Waals surface area contributed by atoms with E-state index in [1.54, 1.807) is 7.11 Å². The Balaban J connectivity index is 2.40. The molecule has 0 aliphatic carbocycles. The summed E-state index contributed by atoms with van der Waals surface area (Å²) in [5.41, 5.74) is 3.28. The normalized spacial score (nSPS) is 11.8. The van der Waals surface area contributed by atoms with E-state index in [0.717, 1.165) is 16.9 Å². The van der Waals surface area contributed by atoms with Crippen molar-refractivity contribution in [2.45, 2.75) is 26.2 Å². The number of carbonyl (C=O) groups excluding carboxylic acids is 1. The maximum atomic E-state index is 12.0. The standard InChI is InChI=1S/C19H22O3/c1-4-22-19(20)13-17(15-11-9-14(2)10-12-15)16-7-5-6-8-18(16)21-3/h5-12,17H,4,13H2,1-3H3. The molecule has 2 aromatic carbocycles. The predicted octanol–water partition coefficient (Wildman–Crippen LogP) is 4.09. The molecule has 116 valence electrons. The number of methoxy groups -OCH3 is 1.